The molecule has 0 aliphatic rings. The number of H-pyrrole nitrogens is 1. The Bertz CT molecular complexity index is 861. The van der Waals surface area contributed by atoms with Gasteiger partial charge in [-0.2, -0.15) is 0 Å². The molecule has 0 saturated heterocycles. The van der Waals surface area contributed by atoms with Crippen LogP contribution in [0.1, 0.15) is 41.0 Å². The highest BCUT2D eigenvalue weighted by Gasteiger charge is 2.15. The number of aromatic nitrogens is 1. The summed E-state index contributed by atoms with van der Waals surface area (Å²) in [5.74, 6) is 0.343. The smallest absolute Gasteiger partial charge is 0.251 e. The van der Waals surface area contributed by atoms with Crippen LogP contribution in [0.5, 0.6) is 0 Å². The van der Waals surface area contributed by atoms with Gasteiger partial charge in [-0.3, -0.25) is 9.59 Å². The number of aryl methyl sites for hydroxylation is 1. The molecule has 1 amide bonds. The summed E-state index contributed by atoms with van der Waals surface area (Å²) in [5, 5.41) is 9.48. The highest BCUT2D eigenvalue weighted by molar-refractivity contribution is 6.31. The lowest BCUT2D eigenvalue weighted by atomic mass is 10.1. The maximum atomic E-state index is 12.7. The van der Waals surface area contributed by atoms with E-state index in [1.54, 1.807) is 25.2 Å². The van der Waals surface area contributed by atoms with E-state index in [-0.39, 0.29) is 17.9 Å². The summed E-state index contributed by atoms with van der Waals surface area (Å²) >= 11 is 6.14. The first-order valence-electron chi connectivity index (χ1n) is 8.66. The van der Waals surface area contributed by atoms with Crippen molar-refractivity contribution in [1.82, 2.24) is 10.3 Å². The lowest BCUT2D eigenvalue weighted by Gasteiger charge is -2.15. The minimum atomic E-state index is -0.273. The van der Waals surface area contributed by atoms with Gasteiger partial charge in [-0.25, -0.2) is 0 Å². The van der Waals surface area contributed by atoms with Gasteiger partial charge in [0.15, 0.2) is 5.43 Å². The van der Waals surface area contributed by atoms with Crippen molar-refractivity contribution in [2.24, 2.45) is 0 Å². The second-order valence-electron chi connectivity index (χ2n) is 5.95. The number of carbonyl (C=O) groups is 1. The van der Waals surface area contributed by atoms with Crippen LogP contribution in [-0.2, 0) is 13.0 Å². The number of carbonyl (C=O) groups excluding carboxylic acids is 1. The van der Waals surface area contributed by atoms with Gasteiger partial charge in [0.2, 0.25) is 0 Å². The fraction of sp³-hybridized carbons (Fsp3) is 0.368. The molecule has 1 aromatic carbocycles. The molecule has 7 heteroatoms. The molecule has 0 aliphatic carbocycles. The minimum Gasteiger partial charge on any atom is -0.385 e. The Labute approximate surface area is 158 Å². The van der Waals surface area contributed by atoms with Gasteiger partial charge in [0.05, 0.1) is 12.1 Å². The molecule has 1 heterocycles. The van der Waals surface area contributed by atoms with Crippen molar-refractivity contribution in [3.63, 3.8) is 0 Å². The van der Waals surface area contributed by atoms with Gasteiger partial charge in [-0.15, -0.1) is 0 Å². The first-order chi connectivity index (χ1) is 12.4. The van der Waals surface area contributed by atoms with Gasteiger partial charge in [0.1, 0.15) is 5.82 Å². The quantitative estimate of drug-likeness (QED) is 0.597. The van der Waals surface area contributed by atoms with Crippen molar-refractivity contribution in [3.05, 3.63) is 55.8 Å². The predicted octanol–water partition coefficient (Wildman–Crippen LogP) is 3.30. The van der Waals surface area contributed by atoms with E-state index in [4.69, 9.17) is 11.6 Å². The molecule has 2 aromatic rings. The highest BCUT2D eigenvalue weighted by atomic mass is 35.5. The molecular weight excluding hydrogens is 352 g/mol. The van der Waals surface area contributed by atoms with Crippen molar-refractivity contribution >= 4 is 29.0 Å². The molecule has 0 saturated carbocycles. The largest absolute Gasteiger partial charge is 0.385 e. The van der Waals surface area contributed by atoms with Crippen molar-refractivity contribution < 1.29 is 4.79 Å². The summed E-state index contributed by atoms with van der Waals surface area (Å²) in [6, 6.07) is 5.00. The molecule has 0 radical (unpaired) electrons. The number of benzene rings is 1. The molecule has 26 heavy (non-hydrogen) atoms. The standard InChI is InChI=1S/C19H25ClN4O2/c1-5-13-9-17(25)15(18(21-4)24-13)10-23-19(26)14-7-12(20)8-16(11(14)3)22-6-2/h7-9,22H,5-6,10H2,1-4H3,(H,23,26)(H2,21,24,25). The molecule has 2 rings (SSSR count). The topological polar surface area (TPSA) is 86.0 Å². The molecule has 0 fully saturated rings. The Hall–Kier alpha value is -2.47. The predicted molar refractivity (Wildman–Crippen MR) is 108 cm³/mol. The lowest BCUT2D eigenvalue weighted by molar-refractivity contribution is 0.0950. The zero-order valence-corrected chi connectivity index (χ0v) is 16.3. The van der Waals surface area contributed by atoms with E-state index in [0.29, 0.717) is 22.0 Å². The highest BCUT2D eigenvalue weighted by Crippen LogP contribution is 2.25. The summed E-state index contributed by atoms with van der Waals surface area (Å²) in [6.07, 6.45) is 0.728. The van der Waals surface area contributed by atoms with Crippen LogP contribution in [0.2, 0.25) is 5.02 Å². The normalized spacial score (nSPS) is 10.5. The van der Waals surface area contributed by atoms with Crippen LogP contribution in [0, 0.1) is 6.92 Å². The maximum absolute atomic E-state index is 12.7. The Morgan fingerprint density at radius 2 is 1.96 bits per heavy atom. The van der Waals surface area contributed by atoms with Crippen LogP contribution in [0.3, 0.4) is 0 Å². The number of hydrogen-bond acceptors (Lipinski definition) is 4. The SMILES string of the molecule is CCNc1cc(Cl)cc(C(=O)NCc2c(NC)[nH]c(CC)cc2=O)c1C. The molecule has 1 aromatic heterocycles. The summed E-state index contributed by atoms with van der Waals surface area (Å²) < 4.78 is 0. The number of amides is 1. The number of pyridine rings is 1. The third-order valence-electron chi connectivity index (χ3n) is 4.23. The molecule has 140 valence electrons. The van der Waals surface area contributed by atoms with Gasteiger partial charge in [0.25, 0.3) is 5.91 Å². The Kier molecular flexibility index (Phi) is 6.69. The summed E-state index contributed by atoms with van der Waals surface area (Å²) in [6.45, 7) is 6.66. The maximum Gasteiger partial charge on any atom is 0.251 e. The zero-order chi connectivity index (χ0) is 19.3. The third kappa shape index (κ3) is 4.38. The second kappa shape index (κ2) is 8.76. The number of nitrogens with one attached hydrogen (secondary N) is 4. The monoisotopic (exact) mass is 376 g/mol. The third-order valence-corrected chi connectivity index (χ3v) is 4.45. The average molecular weight is 377 g/mol. The van der Waals surface area contributed by atoms with E-state index in [1.165, 1.54) is 0 Å². The van der Waals surface area contributed by atoms with E-state index in [0.717, 1.165) is 29.9 Å². The minimum absolute atomic E-state index is 0.110. The van der Waals surface area contributed by atoms with Crippen molar-refractivity contribution in [3.8, 4) is 0 Å². The second-order valence-corrected chi connectivity index (χ2v) is 6.39. The van der Waals surface area contributed by atoms with Gasteiger partial charge in [-0.1, -0.05) is 18.5 Å². The fourth-order valence-electron chi connectivity index (χ4n) is 2.77. The molecule has 4 N–H and O–H groups in total. The molecule has 0 unspecified atom stereocenters. The summed E-state index contributed by atoms with van der Waals surface area (Å²) in [7, 11) is 1.74. The van der Waals surface area contributed by atoms with Gasteiger partial charge in [0, 0.05) is 41.6 Å². The number of anilines is 2. The van der Waals surface area contributed by atoms with Crippen molar-refractivity contribution in [2.45, 2.75) is 33.7 Å². The fourth-order valence-corrected chi connectivity index (χ4v) is 2.99. The first kappa shape index (κ1) is 19.8. The number of aromatic amines is 1. The van der Waals surface area contributed by atoms with Crippen LogP contribution >= 0.6 is 11.6 Å². The van der Waals surface area contributed by atoms with E-state index in [9.17, 15) is 9.59 Å². The average Bonchev–Trinajstić information content (AvgIpc) is 2.62. The molecule has 0 bridgehead atoms. The van der Waals surface area contributed by atoms with E-state index in [1.807, 2.05) is 20.8 Å². The summed E-state index contributed by atoms with van der Waals surface area (Å²) in [4.78, 5) is 28.2. The Morgan fingerprint density at radius 3 is 2.58 bits per heavy atom. The number of rotatable bonds is 7. The van der Waals surface area contributed by atoms with Crippen molar-refractivity contribution in [1.29, 1.82) is 0 Å². The van der Waals surface area contributed by atoms with Crippen LogP contribution in [0.15, 0.2) is 23.0 Å². The van der Waals surface area contributed by atoms with E-state index < -0.39 is 0 Å². The van der Waals surface area contributed by atoms with Crippen LogP contribution < -0.4 is 21.4 Å². The van der Waals surface area contributed by atoms with Crippen LogP contribution in [0.4, 0.5) is 11.5 Å². The lowest BCUT2D eigenvalue weighted by Crippen LogP contribution is -2.28. The summed E-state index contributed by atoms with van der Waals surface area (Å²) in [5.41, 5.74) is 3.35. The van der Waals surface area contributed by atoms with E-state index >= 15 is 0 Å². The first-order valence-corrected chi connectivity index (χ1v) is 9.04. The van der Waals surface area contributed by atoms with Gasteiger partial charge < -0.3 is 20.9 Å². The molecule has 0 aliphatic heterocycles. The zero-order valence-electron chi connectivity index (χ0n) is 15.5. The molecular formula is C19H25ClN4O2. The molecule has 6 nitrogen and oxygen atoms in total. The van der Waals surface area contributed by atoms with Gasteiger partial charge in [-0.05, 0) is 38.0 Å². The van der Waals surface area contributed by atoms with Crippen molar-refractivity contribution in [2.75, 3.05) is 24.2 Å². The van der Waals surface area contributed by atoms with E-state index in [2.05, 4.69) is 20.9 Å². The van der Waals surface area contributed by atoms with Crippen LogP contribution in [-0.4, -0.2) is 24.5 Å². The Balaban J connectivity index is 2.26. The van der Waals surface area contributed by atoms with Crippen LogP contribution in [0.25, 0.3) is 0 Å². The van der Waals surface area contributed by atoms with Gasteiger partial charge >= 0.3 is 0 Å². The molecule has 0 spiro atoms. The Morgan fingerprint density at radius 1 is 1.23 bits per heavy atom. The number of hydrogen-bond donors (Lipinski definition) is 4. The number of halogens is 1. The molecule has 0 atom stereocenters.